The zero-order valence-electron chi connectivity index (χ0n) is 21.0. The molecule has 0 saturated carbocycles. The lowest BCUT2D eigenvalue weighted by Gasteiger charge is -2.17. The summed E-state index contributed by atoms with van der Waals surface area (Å²) in [7, 11) is 0. The van der Waals surface area contributed by atoms with Gasteiger partial charge in [0.1, 0.15) is 26.4 Å². The SMILES string of the molecule is NC(=O)OCC(COC(N)=O)c1ccc(CCCCc2ccc(C(COC(N)=O)COC(N)=O)cc2)cc1. The van der Waals surface area contributed by atoms with Gasteiger partial charge in [-0.2, -0.15) is 0 Å². The summed E-state index contributed by atoms with van der Waals surface area (Å²) >= 11 is 0. The maximum Gasteiger partial charge on any atom is 0.404 e. The Morgan fingerprint density at radius 1 is 0.500 bits per heavy atom. The van der Waals surface area contributed by atoms with Crippen molar-refractivity contribution in [2.45, 2.75) is 37.5 Å². The summed E-state index contributed by atoms with van der Waals surface area (Å²) in [6.45, 7) is -0.120. The largest absolute Gasteiger partial charge is 0.449 e. The number of nitrogens with two attached hydrogens (primary N) is 4. The van der Waals surface area contributed by atoms with Crippen LogP contribution < -0.4 is 22.9 Å². The number of primary amides is 4. The monoisotopic (exact) mass is 530 g/mol. The maximum absolute atomic E-state index is 10.9. The first-order valence-electron chi connectivity index (χ1n) is 12.0. The number of unbranched alkanes of at least 4 members (excludes halogenated alkanes) is 1. The molecule has 0 heterocycles. The first kappa shape index (κ1) is 29.7. The number of hydrogen-bond donors (Lipinski definition) is 4. The Hall–Kier alpha value is -4.48. The van der Waals surface area contributed by atoms with Crippen LogP contribution in [0.3, 0.4) is 0 Å². The highest BCUT2D eigenvalue weighted by molar-refractivity contribution is 5.65. The highest BCUT2D eigenvalue weighted by atomic mass is 16.6. The minimum atomic E-state index is -0.908. The van der Waals surface area contributed by atoms with Crippen molar-refractivity contribution >= 4 is 24.4 Å². The number of ether oxygens (including phenoxy) is 4. The zero-order valence-corrected chi connectivity index (χ0v) is 21.0. The van der Waals surface area contributed by atoms with Crippen molar-refractivity contribution in [2.75, 3.05) is 26.4 Å². The van der Waals surface area contributed by atoms with Crippen LogP contribution in [0.1, 0.15) is 46.9 Å². The van der Waals surface area contributed by atoms with Crippen molar-refractivity contribution < 1.29 is 38.1 Å². The van der Waals surface area contributed by atoms with Gasteiger partial charge in [-0.05, 0) is 47.9 Å². The van der Waals surface area contributed by atoms with Crippen LogP contribution in [0.25, 0.3) is 0 Å². The molecular weight excluding hydrogens is 496 g/mol. The molecule has 0 aliphatic carbocycles. The minimum Gasteiger partial charge on any atom is -0.449 e. The molecule has 2 aromatic carbocycles. The maximum atomic E-state index is 10.9. The summed E-state index contributed by atoms with van der Waals surface area (Å²) in [4.78, 5) is 43.8. The molecule has 4 amide bonds. The fraction of sp³-hybridized carbons (Fsp3) is 0.385. The van der Waals surface area contributed by atoms with Gasteiger partial charge in [0.2, 0.25) is 0 Å². The van der Waals surface area contributed by atoms with E-state index in [0.717, 1.165) is 47.9 Å². The number of amides is 4. The third-order valence-electron chi connectivity index (χ3n) is 5.79. The Morgan fingerprint density at radius 3 is 1.00 bits per heavy atom. The highest BCUT2D eigenvalue weighted by Crippen LogP contribution is 2.21. The Balaban J connectivity index is 1.85. The van der Waals surface area contributed by atoms with Crippen LogP contribution in [0.5, 0.6) is 0 Å². The van der Waals surface area contributed by atoms with Crippen LogP contribution in [0, 0.1) is 0 Å². The van der Waals surface area contributed by atoms with Gasteiger partial charge in [0, 0.05) is 0 Å². The van der Waals surface area contributed by atoms with Crippen LogP contribution in [-0.2, 0) is 31.8 Å². The van der Waals surface area contributed by atoms with Gasteiger partial charge in [-0.1, -0.05) is 48.5 Å². The molecular formula is C26H34N4O8. The number of hydrogen-bond acceptors (Lipinski definition) is 8. The van der Waals surface area contributed by atoms with E-state index in [1.807, 2.05) is 48.5 Å². The third-order valence-corrected chi connectivity index (χ3v) is 5.79. The summed E-state index contributed by atoms with van der Waals surface area (Å²) in [6, 6.07) is 15.5. The molecule has 0 unspecified atom stereocenters. The Morgan fingerprint density at radius 2 is 0.763 bits per heavy atom. The molecule has 0 bridgehead atoms. The molecule has 2 aromatic rings. The van der Waals surface area contributed by atoms with Crippen LogP contribution in [-0.4, -0.2) is 50.8 Å². The quantitative estimate of drug-likeness (QED) is 0.198. The summed E-state index contributed by atoms with van der Waals surface area (Å²) in [5, 5.41) is 0. The predicted molar refractivity (Wildman–Crippen MR) is 137 cm³/mol. The van der Waals surface area contributed by atoms with Gasteiger partial charge in [0.15, 0.2) is 0 Å². The Labute approximate surface area is 220 Å². The normalized spacial score (nSPS) is 10.7. The van der Waals surface area contributed by atoms with Crippen molar-refractivity contribution in [1.29, 1.82) is 0 Å². The molecule has 12 heteroatoms. The van der Waals surface area contributed by atoms with E-state index in [2.05, 4.69) is 0 Å². The average molecular weight is 531 g/mol. The summed E-state index contributed by atoms with van der Waals surface area (Å²) < 4.78 is 19.5. The Bertz CT molecular complexity index is 938. The molecule has 0 saturated heterocycles. The van der Waals surface area contributed by atoms with E-state index in [1.165, 1.54) is 0 Å². The molecule has 0 atom stereocenters. The van der Waals surface area contributed by atoms with Gasteiger partial charge in [0.05, 0.1) is 11.8 Å². The first-order chi connectivity index (χ1) is 18.1. The molecule has 0 aliphatic rings. The lowest BCUT2D eigenvalue weighted by Crippen LogP contribution is -2.23. The predicted octanol–water partition coefficient (Wildman–Crippen LogP) is 2.80. The first-order valence-corrected chi connectivity index (χ1v) is 12.0. The van der Waals surface area contributed by atoms with Gasteiger partial charge in [-0.25, -0.2) is 19.2 Å². The van der Waals surface area contributed by atoms with E-state index in [-0.39, 0.29) is 38.3 Å². The van der Waals surface area contributed by atoms with Gasteiger partial charge < -0.3 is 41.9 Å². The number of benzene rings is 2. The standard InChI is InChI=1S/C26H34N4O8/c27-23(31)35-13-21(14-36-24(28)32)19-9-5-17(6-10-19)3-1-2-4-18-7-11-20(12-8-18)22(15-37-25(29)33)16-38-26(30)34/h5-12,21-22H,1-4,13-16H2,(H2,27,31)(H2,28,32)(H2,29,33)(H2,30,34). The van der Waals surface area contributed by atoms with Crippen LogP contribution in [0.4, 0.5) is 19.2 Å². The number of carbonyl (C=O) groups excluding carboxylic acids is 4. The van der Waals surface area contributed by atoms with E-state index in [4.69, 9.17) is 41.9 Å². The van der Waals surface area contributed by atoms with Crippen molar-refractivity contribution in [3.63, 3.8) is 0 Å². The minimum absolute atomic E-state index is 0.0299. The van der Waals surface area contributed by atoms with Crippen LogP contribution in [0.15, 0.2) is 48.5 Å². The van der Waals surface area contributed by atoms with Gasteiger partial charge in [-0.15, -0.1) is 0 Å². The molecule has 0 radical (unpaired) electrons. The Kier molecular flexibility index (Phi) is 12.2. The number of rotatable bonds is 15. The topological polar surface area (TPSA) is 209 Å². The van der Waals surface area contributed by atoms with Crippen LogP contribution >= 0.6 is 0 Å². The van der Waals surface area contributed by atoms with E-state index in [1.54, 1.807) is 0 Å². The third kappa shape index (κ3) is 11.5. The molecule has 38 heavy (non-hydrogen) atoms. The van der Waals surface area contributed by atoms with Gasteiger partial charge in [-0.3, -0.25) is 0 Å². The average Bonchev–Trinajstić information content (AvgIpc) is 2.87. The smallest absolute Gasteiger partial charge is 0.404 e. The number of carbonyl (C=O) groups is 4. The van der Waals surface area contributed by atoms with E-state index >= 15 is 0 Å². The molecule has 0 aliphatic heterocycles. The summed E-state index contributed by atoms with van der Waals surface area (Å²) in [5.41, 5.74) is 24.1. The van der Waals surface area contributed by atoms with Crippen LogP contribution in [0.2, 0.25) is 0 Å². The molecule has 0 aromatic heterocycles. The second-order valence-corrected chi connectivity index (χ2v) is 8.60. The molecule has 0 spiro atoms. The fourth-order valence-electron chi connectivity index (χ4n) is 3.78. The lowest BCUT2D eigenvalue weighted by atomic mass is 9.96. The van der Waals surface area contributed by atoms with Gasteiger partial charge >= 0.3 is 24.4 Å². The van der Waals surface area contributed by atoms with E-state index in [9.17, 15) is 19.2 Å². The number of aryl methyl sites for hydroxylation is 2. The van der Waals surface area contributed by atoms with E-state index in [0.29, 0.717) is 0 Å². The fourth-order valence-corrected chi connectivity index (χ4v) is 3.78. The molecule has 0 fully saturated rings. The van der Waals surface area contributed by atoms with Crippen molar-refractivity contribution in [1.82, 2.24) is 0 Å². The summed E-state index contributed by atoms with van der Waals surface area (Å²) in [6.07, 6.45) is 0.0291. The molecule has 12 nitrogen and oxygen atoms in total. The molecule has 206 valence electrons. The van der Waals surface area contributed by atoms with Crippen molar-refractivity contribution in [2.24, 2.45) is 22.9 Å². The molecule has 2 rings (SSSR count). The highest BCUT2D eigenvalue weighted by Gasteiger charge is 2.17. The van der Waals surface area contributed by atoms with Crippen molar-refractivity contribution in [3.8, 4) is 0 Å². The van der Waals surface area contributed by atoms with E-state index < -0.39 is 24.4 Å². The lowest BCUT2D eigenvalue weighted by molar-refractivity contribution is 0.114. The second-order valence-electron chi connectivity index (χ2n) is 8.60. The summed E-state index contributed by atoms with van der Waals surface area (Å²) in [5.74, 6) is -0.757. The molecule has 8 N–H and O–H groups in total. The zero-order chi connectivity index (χ0) is 27.9. The second kappa shape index (κ2) is 15.6. The van der Waals surface area contributed by atoms with Gasteiger partial charge in [0.25, 0.3) is 0 Å². The van der Waals surface area contributed by atoms with Crippen molar-refractivity contribution in [3.05, 3.63) is 70.8 Å².